The van der Waals surface area contributed by atoms with Gasteiger partial charge in [0.05, 0.1) is 36.0 Å². The highest BCUT2D eigenvalue weighted by Crippen LogP contribution is 2.28. The SMILES string of the molecule is CCC(=S)NCC1CN(c2ccc(N3CCN(C(=O)CCC(=O)c4ccc(NC(=O)CN)cc4)CC3)c(F)c2)C(=O)O1. The maximum atomic E-state index is 15.1. The Morgan fingerprint density at radius 1 is 1.07 bits per heavy atom. The first-order valence-electron chi connectivity index (χ1n) is 13.9. The smallest absolute Gasteiger partial charge is 0.414 e. The van der Waals surface area contributed by atoms with Crippen molar-refractivity contribution in [2.24, 2.45) is 5.73 Å². The maximum Gasteiger partial charge on any atom is 0.414 e. The third kappa shape index (κ3) is 7.79. The number of cyclic esters (lactones) is 1. The van der Waals surface area contributed by atoms with Crippen LogP contribution in [-0.4, -0.2) is 85.5 Å². The van der Waals surface area contributed by atoms with Gasteiger partial charge in [-0.15, -0.1) is 0 Å². The number of carbonyl (C=O) groups is 4. The topological polar surface area (TPSA) is 137 Å². The van der Waals surface area contributed by atoms with Gasteiger partial charge in [-0.05, 0) is 48.9 Å². The number of piperazine rings is 1. The van der Waals surface area contributed by atoms with Gasteiger partial charge in [0.15, 0.2) is 5.78 Å². The van der Waals surface area contributed by atoms with E-state index in [1.807, 2.05) is 11.8 Å². The Morgan fingerprint density at radius 3 is 2.43 bits per heavy atom. The Balaban J connectivity index is 1.24. The number of anilines is 3. The number of ketones is 1. The first-order valence-corrected chi connectivity index (χ1v) is 14.3. The quantitative estimate of drug-likeness (QED) is 0.263. The van der Waals surface area contributed by atoms with Crippen LogP contribution in [0.1, 0.15) is 36.5 Å². The fourth-order valence-electron chi connectivity index (χ4n) is 4.78. The van der Waals surface area contributed by atoms with Gasteiger partial charge in [0.1, 0.15) is 11.9 Å². The molecule has 0 bridgehead atoms. The van der Waals surface area contributed by atoms with Gasteiger partial charge in [0, 0.05) is 50.3 Å². The van der Waals surface area contributed by atoms with E-state index < -0.39 is 11.9 Å². The number of Topliss-reactive ketones (excluding diaryl/α,β-unsaturated/α-hetero) is 1. The van der Waals surface area contributed by atoms with Crippen molar-refractivity contribution in [2.75, 3.05) is 60.9 Å². The second-order valence-corrected chi connectivity index (χ2v) is 10.5. The van der Waals surface area contributed by atoms with Gasteiger partial charge < -0.3 is 30.9 Å². The predicted octanol–water partition coefficient (Wildman–Crippen LogP) is 2.69. The molecule has 2 aromatic carbocycles. The molecule has 2 aliphatic rings. The zero-order chi connectivity index (χ0) is 30.2. The molecule has 42 heavy (non-hydrogen) atoms. The van der Waals surface area contributed by atoms with E-state index in [4.69, 9.17) is 22.7 Å². The van der Waals surface area contributed by atoms with Gasteiger partial charge in [0.2, 0.25) is 11.8 Å². The second-order valence-electron chi connectivity index (χ2n) is 10.0. The highest BCUT2D eigenvalue weighted by atomic mass is 32.1. The lowest BCUT2D eigenvalue weighted by Crippen LogP contribution is -2.49. The molecule has 0 radical (unpaired) electrons. The predicted molar refractivity (Wildman–Crippen MR) is 161 cm³/mol. The molecule has 0 saturated carbocycles. The molecule has 0 spiro atoms. The van der Waals surface area contributed by atoms with Crippen molar-refractivity contribution < 1.29 is 28.3 Å². The van der Waals surface area contributed by atoms with Gasteiger partial charge in [0.25, 0.3) is 0 Å². The average molecular weight is 599 g/mol. The monoisotopic (exact) mass is 598 g/mol. The van der Waals surface area contributed by atoms with Crippen LogP contribution in [0.4, 0.5) is 26.2 Å². The largest absolute Gasteiger partial charge is 0.442 e. The van der Waals surface area contributed by atoms with Crippen LogP contribution in [0, 0.1) is 5.82 Å². The third-order valence-electron chi connectivity index (χ3n) is 7.18. The van der Waals surface area contributed by atoms with Crippen LogP contribution in [0.2, 0.25) is 0 Å². The normalized spacial score (nSPS) is 16.7. The molecule has 1 unspecified atom stereocenters. The van der Waals surface area contributed by atoms with E-state index >= 15 is 4.39 Å². The van der Waals surface area contributed by atoms with Crippen LogP contribution in [0.5, 0.6) is 0 Å². The Hall–Kier alpha value is -4.10. The van der Waals surface area contributed by atoms with E-state index in [1.165, 1.54) is 11.0 Å². The van der Waals surface area contributed by atoms with Crippen LogP contribution in [0.25, 0.3) is 0 Å². The molecule has 4 N–H and O–H groups in total. The Morgan fingerprint density at radius 2 is 1.79 bits per heavy atom. The van der Waals surface area contributed by atoms with Crippen molar-refractivity contribution in [1.29, 1.82) is 0 Å². The number of hydrogen-bond donors (Lipinski definition) is 3. The minimum absolute atomic E-state index is 0.0603. The van der Waals surface area contributed by atoms with Gasteiger partial charge in [-0.2, -0.15) is 0 Å². The van der Waals surface area contributed by atoms with Crippen LogP contribution in [0.15, 0.2) is 42.5 Å². The fraction of sp³-hybridized carbons (Fsp3) is 0.414. The van der Waals surface area contributed by atoms with Crippen molar-refractivity contribution in [3.05, 3.63) is 53.8 Å². The number of nitrogens with one attached hydrogen (secondary N) is 2. The molecule has 0 aliphatic carbocycles. The van der Waals surface area contributed by atoms with Gasteiger partial charge in [-0.25, -0.2) is 9.18 Å². The minimum Gasteiger partial charge on any atom is -0.442 e. The van der Waals surface area contributed by atoms with Crippen molar-refractivity contribution >= 4 is 58.0 Å². The number of carbonyl (C=O) groups excluding carboxylic acids is 4. The summed E-state index contributed by atoms with van der Waals surface area (Å²) in [5.74, 6) is -1.10. The summed E-state index contributed by atoms with van der Waals surface area (Å²) in [6.07, 6.45) is -0.0914. The zero-order valence-electron chi connectivity index (χ0n) is 23.4. The number of ether oxygens (including phenoxy) is 1. The highest BCUT2D eigenvalue weighted by Gasteiger charge is 2.33. The minimum atomic E-state index is -0.532. The number of halogens is 1. The number of rotatable bonds is 11. The van der Waals surface area contributed by atoms with Crippen molar-refractivity contribution in [3.8, 4) is 0 Å². The number of nitrogens with zero attached hydrogens (tertiary/aromatic N) is 3. The molecule has 3 amide bonds. The van der Waals surface area contributed by atoms with E-state index in [2.05, 4.69) is 10.6 Å². The van der Waals surface area contributed by atoms with Crippen molar-refractivity contribution in [3.63, 3.8) is 0 Å². The molecule has 0 aromatic heterocycles. The second kappa shape index (κ2) is 14.2. The Bertz CT molecular complexity index is 1330. The molecule has 2 fully saturated rings. The van der Waals surface area contributed by atoms with Crippen LogP contribution in [-0.2, 0) is 14.3 Å². The number of nitrogens with two attached hydrogens (primary N) is 1. The molecule has 11 nitrogen and oxygen atoms in total. The lowest BCUT2D eigenvalue weighted by Gasteiger charge is -2.36. The van der Waals surface area contributed by atoms with Crippen LogP contribution < -0.4 is 26.2 Å². The molecule has 1 atom stereocenters. The van der Waals surface area contributed by atoms with Crippen molar-refractivity contribution in [2.45, 2.75) is 32.3 Å². The molecule has 2 aromatic rings. The molecule has 2 aliphatic heterocycles. The van der Waals surface area contributed by atoms with Crippen molar-refractivity contribution in [1.82, 2.24) is 10.2 Å². The summed E-state index contributed by atoms with van der Waals surface area (Å²) >= 11 is 5.15. The summed E-state index contributed by atoms with van der Waals surface area (Å²) in [5.41, 5.74) is 7.08. The number of thiocarbonyl (C=S) groups is 1. The van der Waals surface area contributed by atoms with E-state index in [1.54, 1.807) is 41.3 Å². The zero-order valence-corrected chi connectivity index (χ0v) is 24.3. The van der Waals surface area contributed by atoms with E-state index in [0.29, 0.717) is 73.3 Å². The van der Waals surface area contributed by atoms with E-state index in [0.717, 1.165) is 0 Å². The summed E-state index contributed by atoms with van der Waals surface area (Å²) in [4.78, 5) is 54.7. The van der Waals surface area contributed by atoms with Gasteiger partial charge in [-0.1, -0.05) is 19.1 Å². The Kier molecular flexibility index (Phi) is 10.4. The van der Waals surface area contributed by atoms with Crippen LogP contribution >= 0.6 is 12.2 Å². The number of amides is 3. The number of hydrogen-bond acceptors (Lipinski definition) is 8. The number of benzene rings is 2. The molecule has 2 saturated heterocycles. The fourth-order valence-corrected chi connectivity index (χ4v) is 4.87. The Labute approximate surface area is 249 Å². The summed E-state index contributed by atoms with van der Waals surface area (Å²) in [6.45, 7) is 4.15. The van der Waals surface area contributed by atoms with Gasteiger partial charge >= 0.3 is 6.09 Å². The maximum absolute atomic E-state index is 15.1. The van der Waals surface area contributed by atoms with Crippen LogP contribution in [0.3, 0.4) is 0 Å². The first kappa shape index (κ1) is 30.8. The third-order valence-corrected chi connectivity index (χ3v) is 7.61. The molecular formula is C29H35FN6O5S. The lowest BCUT2D eigenvalue weighted by molar-refractivity contribution is -0.131. The molecule has 224 valence electrons. The van der Waals surface area contributed by atoms with Gasteiger partial charge in [-0.3, -0.25) is 19.3 Å². The highest BCUT2D eigenvalue weighted by molar-refractivity contribution is 7.80. The summed E-state index contributed by atoms with van der Waals surface area (Å²) in [6, 6.07) is 11.1. The summed E-state index contributed by atoms with van der Waals surface area (Å²) in [5, 5.41) is 5.67. The molecule has 13 heteroatoms. The summed E-state index contributed by atoms with van der Waals surface area (Å²) in [7, 11) is 0. The molecular weight excluding hydrogens is 563 g/mol. The molecule has 2 heterocycles. The average Bonchev–Trinajstić information content (AvgIpc) is 3.38. The summed E-state index contributed by atoms with van der Waals surface area (Å²) < 4.78 is 20.5. The van der Waals surface area contributed by atoms with E-state index in [9.17, 15) is 19.2 Å². The first-order chi connectivity index (χ1) is 20.2. The van der Waals surface area contributed by atoms with E-state index in [-0.39, 0.29) is 43.1 Å². The standard InChI is InChI=1S/C29H35FN6O5S/c1-2-27(42)32-17-22-18-36(29(40)41-22)21-7-8-24(23(30)15-21)34-11-13-35(14-12-34)28(39)10-9-25(37)19-3-5-20(6-4-19)33-26(38)16-31/h3-8,15,22H,2,9-14,16-18,31H2,1H3,(H,32,42)(H,33,38). The lowest BCUT2D eigenvalue weighted by atomic mass is 10.1. The molecule has 4 rings (SSSR count).